The number of imidazole rings is 1. The summed E-state index contributed by atoms with van der Waals surface area (Å²) in [5.41, 5.74) is 3.71. The zero-order chi connectivity index (χ0) is 28.1. The van der Waals surface area contributed by atoms with Gasteiger partial charge in [-0.25, -0.2) is 9.78 Å². The number of rotatable bonds is 8. The van der Waals surface area contributed by atoms with E-state index in [2.05, 4.69) is 63.4 Å². The summed E-state index contributed by atoms with van der Waals surface area (Å²) in [6, 6.07) is 5.81. The van der Waals surface area contributed by atoms with Gasteiger partial charge in [0.15, 0.2) is 0 Å². The first kappa shape index (κ1) is 27.9. The van der Waals surface area contributed by atoms with Crippen LogP contribution in [0.25, 0.3) is 22.1 Å². The van der Waals surface area contributed by atoms with Crippen LogP contribution in [0, 0.1) is 5.92 Å². The molecule has 0 saturated carbocycles. The fourth-order valence-electron chi connectivity index (χ4n) is 6.93. The Bertz CT molecular complexity index is 1510. The van der Waals surface area contributed by atoms with Crippen molar-refractivity contribution in [1.29, 1.82) is 0 Å². The predicted molar refractivity (Wildman–Crippen MR) is 161 cm³/mol. The van der Waals surface area contributed by atoms with Gasteiger partial charge in [-0.15, -0.1) is 11.3 Å². The Kier molecular flexibility index (Phi) is 7.65. The van der Waals surface area contributed by atoms with Crippen molar-refractivity contribution in [2.24, 2.45) is 5.92 Å². The Balaban J connectivity index is 1.36. The summed E-state index contributed by atoms with van der Waals surface area (Å²) in [5, 5.41) is 0.910. The van der Waals surface area contributed by atoms with Crippen LogP contribution in [0.3, 0.4) is 0 Å². The number of amides is 1. The summed E-state index contributed by atoms with van der Waals surface area (Å²) < 4.78 is 8.62. The van der Waals surface area contributed by atoms with Crippen LogP contribution >= 0.6 is 11.3 Å². The van der Waals surface area contributed by atoms with Crippen molar-refractivity contribution < 1.29 is 9.22 Å². The second kappa shape index (κ2) is 10.7. The third-order valence-corrected chi connectivity index (χ3v) is 15.9. The molecule has 1 aliphatic rings. The molecule has 0 radical (unpaired) electrons. The molecule has 1 saturated heterocycles. The van der Waals surface area contributed by atoms with Crippen molar-refractivity contribution in [3.63, 3.8) is 0 Å². The molecule has 1 aliphatic heterocycles. The maximum atomic E-state index is 13.7. The van der Waals surface area contributed by atoms with E-state index < -0.39 is 8.32 Å². The maximum Gasteiger partial charge on any atom is 0.326 e. The number of nitrogens with zero attached hydrogens (tertiary/aromatic N) is 3. The van der Waals surface area contributed by atoms with E-state index in [-0.39, 0.29) is 23.6 Å². The Morgan fingerprint density at radius 2 is 1.87 bits per heavy atom. The minimum absolute atomic E-state index is 0.0320. The van der Waals surface area contributed by atoms with Crippen molar-refractivity contribution in [1.82, 2.24) is 24.4 Å². The average molecular weight is 568 g/mol. The summed E-state index contributed by atoms with van der Waals surface area (Å²) in [6.45, 7) is 17.7. The van der Waals surface area contributed by atoms with Crippen LogP contribution < -0.4 is 5.69 Å². The topological polar surface area (TPSA) is 96.0 Å². The number of piperidine rings is 1. The van der Waals surface area contributed by atoms with Gasteiger partial charge in [0.25, 0.3) is 5.91 Å². The molecule has 0 aromatic carbocycles. The number of likely N-dealkylation sites (tertiary alicyclic amines) is 1. The van der Waals surface area contributed by atoms with Crippen molar-refractivity contribution in [3.8, 4) is 0 Å². The van der Waals surface area contributed by atoms with Crippen LogP contribution in [-0.2, 0) is 11.0 Å². The molecule has 5 heterocycles. The van der Waals surface area contributed by atoms with Crippen LogP contribution in [0.1, 0.15) is 75.5 Å². The van der Waals surface area contributed by atoms with Gasteiger partial charge >= 0.3 is 5.69 Å². The quantitative estimate of drug-likeness (QED) is 0.232. The highest BCUT2D eigenvalue weighted by molar-refractivity contribution is 7.14. The molecule has 4 aromatic heterocycles. The van der Waals surface area contributed by atoms with Crippen LogP contribution in [0.2, 0.25) is 16.6 Å². The summed E-state index contributed by atoms with van der Waals surface area (Å²) in [7, 11) is -1.98. The number of aromatic amines is 2. The van der Waals surface area contributed by atoms with Gasteiger partial charge in [0, 0.05) is 29.5 Å². The molecule has 0 spiro atoms. The van der Waals surface area contributed by atoms with Gasteiger partial charge in [0.1, 0.15) is 5.65 Å². The van der Waals surface area contributed by atoms with Crippen LogP contribution in [0.5, 0.6) is 0 Å². The Labute approximate surface area is 234 Å². The number of hydrogen-bond donors (Lipinski definition) is 2. The van der Waals surface area contributed by atoms with E-state index in [1.807, 2.05) is 33.9 Å². The zero-order valence-electron chi connectivity index (χ0n) is 24.1. The van der Waals surface area contributed by atoms with Crippen molar-refractivity contribution >= 4 is 47.6 Å². The number of fused-ring (bicyclic) bond motifs is 3. The largest absolute Gasteiger partial charge is 0.411 e. The third kappa shape index (κ3) is 4.80. The van der Waals surface area contributed by atoms with Crippen molar-refractivity contribution in [2.75, 3.05) is 13.1 Å². The Morgan fingerprint density at radius 3 is 2.56 bits per heavy atom. The predicted octanol–water partition coefficient (Wildman–Crippen LogP) is 6.68. The normalized spacial score (nSPS) is 18.9. The van der Waals surface area contributed by atoms with Gasteiger partial charge in [-0.2, -0.15) is 0 Å². The Morgan fingerprint density at radius 1 is 1.15 bits per heavy atom. The number of hydrogen-bond acceptors (Lipinski definition) is 5. The molecule has 1 amide bonds. The lowest BCUT2D eigenvalue weighted by Crippen LogP contribution is -2.47. The third-order valence-electron chi connectivity index (χ3n) is 8.84. The highest BCUT2D eigenvalue weighted by Crippen LogP contribution is 2.43. The zero-order valence-corrected chi connectivity index (χ0v) is 25.9. The lowest BCUT2D eigenvalue weighted by atomic mass is 9.93. The summed E-state index contributed by atoms with van der Waals surface area (Å²) in [5.74, 6) is 0.283. The molecule has 39 heavy (non-hydrogen) atoms. The molecule has 210 valence electrons. The highest BCUT2D eigenvalue weighted by Gasteiger charge is 2.45. The minimum Gasteiger partial charge on any atom is -0.411 e. The van der Waals surface area contributed by atoms with E-state index in [0.717, 1.165) is 38.2 Å². The molecule has 10 heteroatoms. The monoisotopic (exact) mass is 567 g/mol. The molecule has 5 rings (SSSR count). The smallest absolute Gasteiger partial charge is 0.326 e. The molecular formula is C29H41N5O3SSi. The molecule has 8 nitrogen and oxygen atoms in total. The number of carbonyl (C=O) groups is 1. The van der Waals surface area contributed by atoms with E-state index in [1.165, 1.54) is 11.3 Å². The first-order valence-electron chi connectivity index (χ1n) is 14.1. The van der Waals surface area contributed by atoms with Gasteiger partial charge in [-0.05, 0) is 47.2 Å². The highest BCUT2D eigenvalue weighted by atomic mass is 32.1. The fourth-order valence-corrected chi connectivity index (χ4v) is 13.3. The molecule has 1 fully saturated rings. The summed E-state index contributed by atoms with van der Waals surface area (Å²) in [4.78, 5) is 41.1. The van der Waals surface area contributed by atoms with E-state index >= 15 is 0 Å². The van der Waals surface area contributed by atoms with E-state index in [1.54, 1.807) is 6.20 Å². The van der Waals surface area contributed by atoms with Gasteiger partial charge in [-0.1, -0.05) is 48.5 Å². The van der Waals surface area contributed by atoms with E-state index in [4.69, 9.17) is 4.43 Å². The number of aromatic nitrogens is 4. The number of carbonyl (C=O) groups excluding carboxylic acids is 1. The second-order valence-corrected chi connectivity index (χ2v) is 18.6. The molecule has 2 atom stereocenters. The lowest BCUT2D eigenvalue weighted by Gasteiger charge is -2.42. The van der Waals surface area contributed by atoms with Gasteiger partial charge in [0.2, 0.25) is 8.32 Å². The number of H-pyrrole nitrogens is 2. The maximum absolute atomic E-state index is 13.7. The Hall–Kier alpha value is -2.69. The van der Waals surface area contributed by atoms with E-state index in [9.17, 15) is 9.59 Å². The molecule has 0 bridgehead atoms. The first-order valence-corrected chi connectivity index (χ1v) is 17.1. The van der Waals surface area contributed by atoms with Crippen LogP contribution in [0.15, 0.2) is 35.4 Å². The summed E-state index contributed by atoms with van der Waals surface area (Å²) in [6.07, 6.45) is 4.38. The lowest BCUT2D eigenvalue weighted by molar-refractivity contribution is 0.0627. The summed E-state index contributed by atoms with van der Waals surface area (Å²) >= 11 is 1.54. The van der Waals surface area contributed by atoms with Crippen LogP contribution in [0.4, 0.5) is 0 Å². The SMILES string of the molecule is CC(C)[Si](OCc1ccc(C(=O)N2CC[C@@H](C)[C@@H](n3c(=O)[nH]c4cnc5[nH]ccc5c43)C2)s1)(C(C)C)C(C)C. The minimum atomic E-state index is -1.98. The van der Waals surface area contributed by atoms with Crippen molar-refractivity contribution in [3.05, 3.63) is 50.8 Å². The molecule has 4 aromatic rings. The van der Waals surface area contributed by atoms with Gasteiger partial charge in [-0.3, -0.25) is 9.36 Å². The van der Waals surface area contributed by atoms with Gasteiger partial charge < -0.3 is 19.3 Å². The first-order chi connectivity index (χ1) is 18.5. The molecule has 0 aliphatic carbocycles. The van der Waals surface area contributed by atoms with E-state index in [0.29, 0.717) is 36.3 Å². The fraction of sp³-hybridized carbons (Fsp3) is 0.552. The molecular weight excluding hydrogens is 527 g/mol. The van der Waals surface area contributed by atoms with Gasteiger partial charge in [0.05, 0.1) is 34.8 Å². The average Bonchev–Trinajstić information content (AvgIpc) is 3.61. The number of thiophene rings is 1. The standard InChI is InChI=1S/C29H41N5O3SSi/c1-17(2)39(18(3)4,19(5)6)37-16-21-8-9-25(38-21)28(35)33-13-11-20(7)24(15-33)34-26-22-10-12-30-27(22)31-14-23(26)32-29(34)36/h8-10,12,14,17-20,24H,11,13,15-16H2,1-7H3,(H,30,31)(H,32,36)/t20-,24+/m1/s1. The second-order valence-electron chi connectivity index (χ2n) is 12.0. The van der Waals surface area contributed by atoms with Crippen LogP contribution in [-0.4, -0.2) is 51.7 Å². The molecule has 0 unspecified atom stereocenters. The van der Waals surface area contributed by atoms with Crippen molar-refractivity contribution in [2.45, 2.75) is 84.2 Å². The number of nitrogens with one attached hydrogen (secondary N) is 2. The number of pyridine rings is 1. The molecule has 2 N–H and O–H groups in total.